The van der Waals surface area contributed by atoms with Gasteiger partial charge in [-0.1, -0.05) is 129 Å². The van der Waals surface area contributed by atoms with Crippen molar-refractivity contribution in [2.45, 2.75) is 154 Å². The molecular weight excluding hydrogens is 384 g/mol. The summed E-state index contributed by atoms with van der Waals surface area (Å²) in [6.45, 7) is 4.40. The monoisotopic (exact) mass is 434 g/mol. The Balaban J connectivity index is 3.74. The van der Waals surface area contributed by atoms with Gasteiger partial charge in [0.1, 0.15) is 5.25 Å². The van der Waals surface area contributed by atoms with Crippen LogP contribution in [0.1, 0.15) is 142 Å². The van der Waals surface area contributed by atoms with Crippen molar-refractivity contribution in [3.8, 4) is 0 Å². The Labute approximate surface area is 182 Å². The highest BCUT2D eigenvalue weighted by Gasteiger charge is 2.29. The third kappa shape index (κ3) is 18.4. The minimum atomic E-state index is -4.18. The molecule has 0 aliphatic rings. The van der Waals surface area contributed by atoms with Crippen LogP contribution in [0.5, 0.6) is 0 Å². The molecule has 0 aromatic carbocycles. The van der Waals surface area contributed by atoms with Gasteiger partial charge in [-0.05, 0) is 12.8 Å². The lowest BCUT2D eigenvalue weighted by Gasteiger charge is -2.20. The summed E-state index contributed by atoms with van der Waals surface area (Å²) in [6.07, 6.45) is 21.3. The van der Waals surface area contributed by atoms with Crippen LogP contribution >= 0.6 is 0 Å². The van der Waals surface area contributed by atoms with E-state index in [9.17, 15) is 18.1 Å². The molecule has 5 heteroatoms. The topological polar surface area (TPSA) is 74.6 Å². The summed E-state index contributed by atoms with van der Waals surface area (Å²) in [5, 5.41) is 9.24. The van der Waals surface area contributed by atoms with E-state index in [-0.39, 0.29) is 0 Å². The van der Waals surface area contributed by atoms with Gasteiger partial charge in [0.2, 0.25) is 0 Å². The first kappa shape index (κ1) is 28.9. The Kier molecular flexibility index (Phi) is 19.7. The molecule has 0 fully saturated rings. The fourth-order valence-corrected chi connectivity index (χ4v) is 5.04. The summed E-state index contributed by atoms with van der Waals surface area (Å²) >= 11 is 0. The van der Waals surface area contributed by atoms with Gasteiger partial charge in [-0.15, -0.1) is 0 Å². The van der Waals surface area contributed by atoms with Crippen LogP contribution in [0.2, 0.25) is 0 Å². The fraction of sp³-hybridized carbons (Fsp3) is 1.00. The molecule has 0 radical (unpaired) electrons. The largest absolute Gasteiger partial charge is 0.392 e. The summed E-state index contributed by atoms with van der Waals surface area (Å²) in [5.41, 5.74) is 0. The Bertz CT molecular complexity index is 436. The van der Waals surface area contributed by atoms with Crippen molar-refractivity contribution in [1.82, 2.24) is 0 Å². The number of rotatable bonds is 22. The van der Waals surface area contributed by atoms with Crippen LogP contribution in [0.3, 0.4) is 0 Å². The Hall–Kier alpha value is -0.130. The molecule has 29 heavy (non-hydrogen) atoms. The third-order valence-electron chi connectivity index (χ3n) is 6.01. The number of aliphatic hydroxyl groups is 1. The number of unbranched alkanes of at least 4 members (excludes halogenated alkanes) is 16. The predicted molar refractivity (Wildman–Crippen MR) is 125 cm³/mol. The van der Waals surface area contributed by atoms with E-state index in [0.29, 0.717) is 12.8 Å². The van der Waals surface area contributed by atoms with Crippen LogP contribution in [0.25, 0.3) is 0 Å². The molecular formula is C24H50O4S. The molecule has 0 saturated heterocycles. The van der Waals surface area contributed by atoms with Gasteiger partial charge in [0, 0.05) is 0 Å². The molecule has 0 heterocycles. The number of aliphatic hydroxyl groups excluding tert-OH is 1. The molecule has 0 aromatic heterocycles. The molecule has 0 aliphatic heterocycles. The van der Waals surface area contributed by atoms with E-state index >= 15 is 0 Å². The van der Waals surface area contributed by atoms with E-state index in [4.69, 9.17) is 0 Å². The Morgan fingerprint density at radius 1 is 0.552 bits per heavy atom. The standard InChI is InChI=1S/C24H50O4S/c1-3-5-7-9-10-11-12-13-14-15-16-18-20-22-24(29(26,27)28)23(25)21-19-17-8-6-4-2/h23-25H,3-22H2,1-2H3,(H,26,27,28). The second kappa shape index (κ2) is 19.8. The molecule has 176 valence electrons. The summed E-state index contributed by atoms with van der Waals surface area (Å²) in [7, 11) is -4.18. The van der Waals surface area contributed by atoms with Crippen molar-refractivity contribution in [1.29, 1.82) is 0 Å². The number of hydrogen-bond donors (Lipinski definition) is 2. The van der Waals surface area contributed by atoms with Gasteiger partial charge in [0.25, 0.3) is 10.1 Å². The summed E-state index contributed by atoms with van der Waals surface area (Å²) in [6, 6.07) is 0. The smallest absolute Gasteiger partial charge is 0.270 e. The molecule has 0 aromatic rings. The summed E-state index contributed by atoms with van der Waals surface area (Å²) < 4.78 is 32.8. The molecule has 4 nitrogen and oxygen atoms in total. The van der Waals surface area contributed by atoms with Crippen LogP contribution in [-0.4, -0.2) is 29.4 Å². The minimum absolute atomic E-state index is 0.368. The third-order valence-corrected chi connectivity index (χ3v) is 7.32. The maximum absolute atomic E-state index is 11.7. The van der Waals surface area contributed by atoms with E-state index < -0.39 is 21.5 Å². The molecule has 0 rings (SSSR count). The van der Waals surface area contributed by atoms with E-state index in [1.807, 2.05) is 0 Å². The lowest BCUT2D eigenvalue weighted by Crippen LogP contribution is -2.33. The highest BCUT2D eigenvalue weighted by molar-refractivity contribution is 7.86. The first-order valence-electron chi connectivity index (χ1n) is 12.6. The molecule has 2 N–H and O–H groups in total. The van der Waals surface area contributed by atoms with Gasteiger partial charge >= 0.3 is 0 Å². The molecule has 0 aliphatic carbocycles. The lowest BCUT2D eigenvalue weighted by molar-refractivity contribution is 0.146. The molecule has 0 spiro atoms. The predicted octanol–water partition coefficient (Wildman–Crippen LogP) is 7.45. The molecule has 2 atom stereocenters. The van der Waals surface area contributed by atoms with Crippen molar-refractivity contribution in [3.63, 3.8) is 0 Å². The summed E-state index contributed by atoms with van der Waals surface area (Å²) in [5.74, 6) is 0. The Morgan fingerprint density at radius 3 is 1.21 bits per heavy atom. The highest BCUT2D eigenvalue weighted by atomic mass is 32.2. The van der Waals surface area contributed by atoms with Gasteiger partial charge < -0.3 is 5.11 Å². The van der Waals surface area contributed by atoms with Crippen molar-refractivity contribution < 1.29 is 18.1 Å². The molecule has 0 saturated carbocycles. The van der Waals surface area contributed by atoms with Crippen LogP contribution in [0.4, 0.5) is 0 Å². The quantitative estimate of drug-likeness (QED) is 0.137. The Morgan fingerprint density at radius 2 is 0.862 bits per heavy atom. The van der Waals surface area contributed by atoms with Gasteiger partial charge in [0.05, 0.1) is 6.10 Å². The van der Waals surface area contributed by atoms with Gasteiger partial charge in [-0.2, -0.15) is 8.42 Å². The zero-order valence-electron chi connectivity index (χ0n) is 19.4. The average Bonchev–Trinajstić information content (AvgIpc) is 2.67. The van der Waals surface area contributed by atoms with E-state index in [0.717, 1.165) is 44.9 Å². The molecule has 2 unspecified atom stereocenters. The first-order chi connectivity index (χ1) is 13.9. The van der Waals surface area contributed by atoms with Gasteiger partial charge in [-0.3, -0.25) is 4.55 Å². The van der Waals surface area contributed by atoms with Crippen molar-refractivity contribution in [2.24, 2.45) is 0 Å². The fourth-order valence-electron chi connectivity index (χ4n) is 4.05. The highest BCUT2D eigenvalue weighted by Crippen LogP contribution is 2.20. The summed E-state index contributed by atoms with van der Waals surface area (Å²) in [4.78, 5) is 0. The van der Waals surface area contributed by atoms with E-state index in [1.54, 1.807) is 0 Å². The van der Waals surface area contributed by atoms with Crippen LogP contribution in [0.15, 0.2) is 0 Å². The van der Waals surface area contributed by atoms with Crippen LogP contribution in [0, 0.1) is 0 Å². The van der Waals surface area contributed by atoms with Crippen molar-refractivity contribution >= 4 is 10.1 Å². The molecule has 0 bridgehead atoms. The second-order valence-corrected chi connectivity index (χ2v) is 10.5. The number of hydrogen-bond acceptors (Lipinski definition) is 3. The maximum Gasteiger partial charge on any atom is 0.270 e. The van der Waals surface area contributed by atoms with E-state index in [2.05, 4.69) is 13.8 Å². The van der Waals surface area contributed by atoms with Gasteiger partial charge in [0.15, 0.2) is 0 Å². The van der Waals surface area contributed by atoms with Crippen LogP contribution in [-0.2, 0) is 10.1 Å². The molecule has 0 amide bonds. The zero-order chi connectivity index (χ0) is 21.8. The normalized spacial score (nSPS) is 14.2. The van der Waals surface area contributed by atoms with Crippen molar-refractivity contribution in [3.05, 3.63) is 0 Å². The SMILES string of the molecule is CCCCCCCCCCCCCCCC(C(O)CCCCCCC)S(=O)(=O)O. The zero-order valence-corrected chi connectivity index (χ0v) is 20.2. The lowest BCUT2D eigenvalue weighted by atomic mass is 10.0. The average molecular weight is 435 g/mol. The van der Waals surface area contributed by atoms with Crippen LogP contribution < -0.4 is 0 Å². The van der Waals surface area contributed by atoms with Crippen molar-refractivity contribution in [2.75, 3.05) is 0 Å². The minimum Gasteiger partial charge on any atom is -0.392 e. The second-order valence-electron chi connectivity index (χ2n) is 8.85. The first-order valence-corrected chi connectivity index (χ1v) is 14.1. The van der Waals surface area contributed by atoms with E-state index in [1.165, 1.54) is 70.6 Å². The van der Waals surface area contributed by atoms with Gasteiger partial charge in [-0.25, -0.2) is 0 Å². The maximum atomic E-state index is 11.7.